The Hall–Kier alpha value is -0.970. The zero-order valence-electron chi connectivity index (χ0n) is 16.5. The molecule has 4 nitrogen and oxygen atoms in total. The number of carbonyl (C=O) groups excluding carboxylic acids is 1. The van der Waals surface area contributed by atoms with Gasteiger partial charge in [0.05, 0.1) is 18.8 Å². The molecule has 0 amide bonds. The van der Waals surface area contributed by atoms with E-state index in [2.05, 4.69) is 13.5 Å². The molecular weight excluding hydrogens is 340 g/mol. The molecule has 0 aromatic rings. The second-order valence-corrected chi connectivity index (χ2v) is 9.81. The topological polar surface area (TPSA) is 55.8 Å². The lowest BCUT2D eigenvalue weighted by Crippen LogP contribution is -2.53. The molecule has 1 spiro atoms. The van der Waals surface area contributed by atoms with Crippen LogP contribution in [0.4, 0.5) is 0 Å². The molecule has 2 unspecified atom stereocenters. The van der Waals surface area contributed by atoms with Gasteiger partial charge in [0.25, 0.3) is 0 Å². The minimum Gasteiger partial charge on any atom is -0.385 e. The van der Waals surface area contributed by atoms with Gasteiger partial charge in [-0.1, -0.05) is 18.6 Å². The summed E-state index contributed by atoms with van der Waals surface area (Å²) < 4.78 is 11.9. The quantitative estimate of drug-likeness (QED) is 0.746. The summed E-state index contributed by atoms with van der Waals surface area (Å²) in [6.07, 6.45) is 9.58. The molecule has 148 valence electrons. The predicted molar refractivity (Wildman–Crippen MR) is 102 cm³/mol. The second kappa shape index (κ2) is 6.01. The Kier molecular flexibility index (Phi) is 4.03. The van der Waals surface area contributed by atoms with Gasteiger partial charge in [0.1, 0.15) is 5.78 Å². The first-order chi connectivity index (χ1) is 12.9. The number of allylic oxidation sites excluding steroid dienone is 2. The van der Waals surface area contributed by atoms with Crippen molar-refractivity contribution in [2.24, 2.45) is 23.2 Å². The monoisotopic (exact) mass is 372 g/mol. The van der Waals surface area contributed by atoms with Crippen LogP contribution in [-0.2, 0) is 14.3 Å². The number of hydrogen-bond acceptors (Lipinski definition) is 4. The van der Waals surface area contributed by atoms with Gasteiger partial charge in [-0.2, -0.15) is 0 Å². The van der Waals surface area contributed by atoms with Gasteiger partial charge in [0.2, 0.25) is 0 Å². The van der Waals surface area contributed by atoms with Crippen molar-refractivity contribution < 1.29 is 19.4 Å². The van der Waals surface area contributed by atoms with Crippen LogP contribution >= 0.6 is 0 Å². The summed E-state index contributed by atoms with van der Waals surface area (Å²) in [5, 5.41) is 11.7. The first-order valence-electron chi connectivity index (χ1n) is 10.8. The van der Waals surface area contributed by atoms with Crippen LogP contribution in [0.2, 0.25) is 0 Å². The summed E-state index contributed by atoms with van der Waals surface area (Å²) in [6, 6.07) is 0. The first-order valence-corrected chi connectivity index (χ1v) is 10.8. The molecule has 1 aliphatic heterocycles. The normalized spacial score (nSPS) is 45.6. The van der Waals surface area contributed by atoms with Crippen molar-refractivity contribution in [2.45, 2.75) is 76.1 Å². The van der Waals surface area contributed by atoms with Gasteiger partial charge in [0.15, 0.2) is 5.79 Å². The van der Waals surface area contributed by atoms with Crippen molar-refractivity contribution in [3.05, 3.63) is 23.8 Å². The van der Waals surface area contributed by atoms with Crippen LogP contribution in [0.15, 0.2) is 23.8 Å². The molecule has 5 aliphatic rings. The van der Waals surface area contributed by atoms with Crippen LogP contribution in [0.25, 0.3) is 0 Å². The van der Waals surface area contributed by atoms with E-state index < -0.39 is 11.4 Å². The predicted octanol–water partition coefficient (Wildman–Crippen LogP) is 3.93. The highest BCUT2D eigenvalue weighted by molar-refractivity contribution is 5.87. The van der Waals surface area contributed by atoms with Crippen LogP contribution in [0.3, 0.4) is 0 Å². The van der Waals surface area contributed by atoms with Gasteiger partial charge in [-0.25, -0.2) is 0 Å². The minimum atomic E-state index is -0.801. The third-order valence-electron chi connectivity index (χ3n) is 8.49. The molecule has 5 rings (SSSR count). The molecule has 0 aromatic carbocycles. The molecule has 4 aliphatic carbocycles. The van der Waals surface area contributed by atoms with Crippen molar-refractivity contribution in [1.82, 2.24) is 0 Å². The Bertz CT molecular complexity index is 703. The number of fused-ring (bicyclic) bond motifs is 4. The molecule has 3 saturated carbocycles. The van der Waals surface area contributed by atoms with Crippen LogP contribution < -0.4 is 0 Å². The van der Waals surface area contributed by atoms with Crippen molar-refractivity contribution in [3.63, 3.8) is 0 Å². The third-order valence-corrected chi connectivity index (χ3v) is 8.49. The Morgan fingerprint density at radius 1 is 1.22 bits per heavy atom. The zero-order chi connectivity index (χ0) is 18.9. The molecule has 4 heteroatoms. The average Bonchev–Trinajstić information content (AvgIpc) is 3.19. The summed E-state index contributed by atoms with van der Waals surface area (Å²) in [7, 11) is 0. The maximum atomic E-state index is 12.7. The maximum Gasteiger partial charge on any atom is 0.171 e. The van der Waals surface area contributed by atoms with E-state index >= 15 is 0 Å². The summed E-state index contributed by atoms with van der Waals surface area (Å²) in [6.45, 7) is 7.46. The lowest BCUT2D eigenvalue weighted by atomic mass is 9.52. The second-order valence-electron chi connectivity index (χ2n) is 9.81. The van der Waals surface area contributed by atoms with Gasteiger partial charge < -0.3 is 14.6 Å². The van der Waals surface area contributed by atoms with Crippen LogP contribution in [-0.4, -0.2) is 35.5 Å². The van der Waals surface area contributed by atoms with Crippen molar-refractivity contribution in [2.75, 3.05) is 13.2 Å². The largest absolute Gasteiger partial charge is 0.385 e. The molecule has 27 heavy (non-hydrogen) atoms. The summed E-state index contributed by atoms with van der Waals surface area (Å²) in [5.74, 6) is 1.13. The van der Waals surface area contributed by atoms with E-state index in [9.17, 15) is 9.90 Å². The Morgan fingerprint density at radius 2 is 2.00 bits per heavy atom. The van der Waals surface area contributed by atoms with Crippen molar-refractivity contribution in [3.8, 4) is 0 Å². The average molecular weight is 373 g/mol. The fraction of sp³-hybridized carbons (Fsp3) is 0.783. The van der Waals surface area contributed by atoms with Gasteiger partial charge in [0, 0.05) is 24.7 Å². The number of Topliss-reactive ketones (excluding diaryl/α,β-unsaturated/α-hetero) is 1. The highest BCUT2D eigenvalue weighted by Gasteiger charge is 2.60. The van der Waals surface area contributed by atoms with Gasteiger partial charge in [-0.15, -0.1) is 6.58 Å². The summed E-state index contributed by atoms with van der Waals surface area (Å²) in [4.78, 5) is 12.7. The number of ketones is 1. The van der Waals surface area contributed by atoms with Gasteiger partial charge in [-0.05, 0) is 61.9 Å². The fourth-order valence-electron chi connectivity index (χ4n) is 7.37. The van der Waals surface area contributed by atoms with E-state index in [-0.39, 0.29) is 5.41 Å². The molecule has 0 bridgehead atoms. The Balaban J connectivity index is 1.57. The first kappa shape index (κ1) is 18.1. The third kappa shape index (κ3) is 2.49. The molecule has 1 heterocycles. The molecule has 0 radical (unpaired) electrons. The minimum absolute atomic E-state index is 0.175. The van der Waals surface area contributed by atoms with Crippen LogP contribution in [0.5, 0.6) is 0 Å². The highest BCUT2D eigenvalue weighted by atomic mass is 16.7. The smallest absolute Gasteiger partial charge is 0.171 e. The standard InChI is InChI=1S/C23H32O4/c1-3-4-15-13-21(2)17(5-6-19(21)24)16-7-9-22(25)14-23(26-11-12-27-23)10-8-18(22)20(15)16/h3,15-17,25H,1,4-14H2,2H3/t15-,16?,17?,21-,22+/m0/s1. The molecule has 1 N–H and O–H groups in total. The lowest BCUT2D eigenvalue weighted by molar-refractivity contribution is -0.208. The molecular formula is C23H32O4. The molecule has 4 fully saturated rings. The van der Waals surface area contributed by atoms with Gasteiger partial charge >= 0.3 is 0 Å². The number of rotatable bonds is 2. The summed E-state index contributed by atoms with van der Waals surface area (Å²) in [5.41, 5.74) is 1.76. The molecule has 0 aromatic heterocycles. The van der Waals surface area contributed by atoms with E-state index in [0.717, 1.165) is 51.4 Å². The number of carbonyl (C=O) groups is 1. The van der Waals surface area contributed by atoms with Crippen molar-refractivity contribution in [1.29, 1.82) is 0 Å². The van der Waals surface area contributed by atoms with E-state index in [4.69, 9.17) is 9.47 Å². The SMILES string of the molecule is C=CC[C@H]1C[C@]2(C)C(=O)CCC2C2CC[C@@]3(O)CC4(CCC3=C21)OCCO4. The molecule has 1 saturated heterocycles. The van der Waals surface area contributed by atoms with Gasteiger partial charge in [-0.3, -0.25) is 4.79 Å². The summed E-state index contributed by atoms with van der Waals surface area (Å²) >= 11 is 0. The van der Waals surface area contributed by atoms with Crippen LogP contribution in [0, 0.1) is 23.2 Å². The van der Waals surface area contributed by atoms with Crippen molar-refractivity contribution >= 4 is 5.78 Å². The lowest BCUT2D eigenvalue weighted by Gasteiger charge is -2.55. The fourth-order valence-corrected chi connectivity index (χ4v) is 7.37. The van der Waals surface area contributed by atoms with E-state index in [0.29, 0.717) is 43.2 Å². The molecule has 5 atom stereocenters. The van der Waals surface area contributed by atoms with Crippen LogP contribution in [0.1, 0.15) is 64.7 Å². The number of ether oxygens (including phenoxy) is 2. The van der Waals surface area contributed by atoms with E-state index in [1.54, 1.807) is 0 Å². The Labute approximate surface area is 162 Å². The van der Waals surface area contributed by atoms with E-state index in [1.807, 2.05) is 6.08 Å². The zero-order valence-corrected chi connectivity index (χ0v) is 16.5. The number of hydrogen-bond donors (Lipinski definition) is 1. The number of aliphatic hydroxyl groups is 1. The maximum absolute atomic E-state index is 12.7. The Morgan fingerprint density at radius 3 is 2.74 bits per heavy atom. The van der Waals surface area contributed by atoms with E-state index in [1.165, 1.54) is 11.1 Å². The highest BCUT2D eigenvalue weighted by Crippen LogP contribution is 2.63.